The van der Waals surface area contributed by atoms with Gasteiger partial charge < -0.3 is 10.2 Å². The Bertz CT molecular complexity index is 489. The van der Waals surface area contributed by atoms with Crippen LogP contribution >= 0.6 is 27.3 Å². The second-order valence-corrected chi connectivity index (χ2v) is 6.71. The SMILES string of the molecule is CCC(C)C1C(=O)NCC(=O)N1Cc1cc(Br)cs1. The Balaban J connectivity index is 2.21. The molecule has 2 amide bonds. The Morgan fingerprint density at radius 3 is 2.89 bits per heavy atom. The molecule has 1 aromatic rings. The van der Waals surface area contributed by atoms with Gasteiger partial charge in [0.25, 0.3) is 0 Å². The van der Waals surface area contributed by atoms with E-state index in [2.05, 4.69) is 21.2 Å². The smallest absolute Gasteiger partial charge is 0.243 e. The van der Waals surface area contributed by atoms with Crippen LogP contribution in [0, 0.1) is 5.92 Å². The number of hydrogen-bond acceptors (Lipinski definition) is 3. The molecular weight excluding hydrogens is 328 g/mol. The molecule has 0 bridgehead atoms. The first-order valence-electron chi connectivity index (χ1n) is 6.33. The van der Waals surface area contributed by atoms with Crippen LogP contribution in [0.3, 0.4) is 0 Å². The van der Waals surface area contributed by atoms with Gasteiger partial charge in [-0.3, -0.25) is 9.59 Å². The number of nitrogens with one attached hydrogen (secondary N) is 1. The van der Waals surface area contributed by atoms with Crippen molar-refractivity contribution in [2.75, 3.05) is 6.54 Å². The van der Waals surface area contributed by atoms with E-state index in [0.29, 0.717) is 6.54 Å². The molecule has 2 rings (SSSR count). The first kappa shape index (κ1) is 14.5. The van der Waals surface area contributed by atoms with Crippen molar-refractivity contribution < 1.29 is 9.59 Å². The quantitative estimate of drug-likeness (QED) is 0.911. The summed E-state index contributed by atoms with van der Waals surface area (Å²) in [4.78, 5) is 26.9. The van der Waals surface area contributed by atoms with Crippen LogP contribution in [0.2, 0.25) is 0 Å². The summed E-state index contributed by atoms with van der Waals surface area (Å²) in [6.07, 6.45) is 0.871. The van der Waals surface area contributed by atoms with E-state index >= 15 is 0 Å². The van der Waals surface area contributed by atoms with Gasteiger partial charge in [-0.1, -0.05) is 20.3 Å². The third kappa shape index (κ3) is 3.17. The van der Waals surface area contributed by atoms with Crippen LogP contribution < -0.4 is 5.32 Å². The normalized spacial score (nSPS) is 21.4. The van der Waals surface area contributed by atoms with E-state index in [9.17, 15) is 9.59 Å². The molecule has 0 radical (unpaired) electrons. The molecule has 2 heterocycles. The summed E-state index contributed by atoms with van der Waals surface area (Å²) >= 11 is 5.00. The largest absolute Gasteiger partial charge is 0.345 e. The van der Waals surface area contributed by atoms with E-state index in [1.54, 1.807) is 16.2 Å². The van der Waals surface area contributed by atoms with Gasteiger partial charge in [-0.05, 0) is 27.9 Å². The lowest BCUT2D eigenvalue weighted by atomic mass is 9.95. The zero-order valence-electron chi connectivity index (χ0n) is 11.0. The van der Waals surface area contributed by atoms with Gasteiger partial charge >= 0.3 is 0 Å². The highest BCUT2D eigenvalue weighted by Gasteiger charge is 2.37. The topological polar surface area (TPSA) is 49.4 Å². The zero-order valence-corrected chi connectivity index (χ0v) is 13.4. The molecule has 2 unspecified atom stereocenters. The second kappa shape index (κ2) is 6.05. The lowest BCUT2D eigenvalue weighted by Gasteiger charge is -2.37. The minimum Gasteiger partial charge on any atom is -0.345 e. The predicted molar refractivity (Wildman–Crippen MR) is 78.8 cm³/mol. The average Bonchev–Trinajstić information content (AvgIpc) is 2.79. The van der Waals surface area contributed by atoms with Crippen molar-refractivity contribution in [3.05, 3.63) is 20.8 Å². The number of carbonyl (C=O) groups is 2. The molecule has 2 atom stereocenters. The van der Waals surface area contributed by atoms with Gasteiger partial charge in [0.1, 0.15) is 6.04 Å². The summed E-state index contributed by atoms with van der Waals surface area (Å²) in [5, 5.41) is 4.67. The molecule has 104 valence electrons. The van der Waals surface area contributed by atoms with Gasteiger partial charge in [0, 0.05) is 14.7 Å². The number of thiophene rings is 1. The van der Waals surface area contributed by atoms with Gasteiger partial charge in [0.2, 0.25) is 11.8 Å². The van der Waals surface area contributed by atoms with Gasteiger partial charge in [0.05, 0.1) is 13.1 Å². The molecule has 4 nitrogen and oxygen atoms in total. The molecule has 1 N–H and O–H groups in total. The third-order valence-electron chi connectivity index (χ3n) is 3.47. The van der Waals surface area contributed by atoms with E-state index in [1.807, 2.05) is 25.3 Å². The van der Waals surface area contributed by atoms with Crippen LogP contribution in [0.5, 0.6) is 0 Å². The molecule has 1 aliphatic rings. The predicted octanol–water partition coefficient (Wildman–Crippen LogP) is 2.38. The zero-order chi connectivity index (χ0) is 14.0. The maximum absolute atomic E-state index is 12.1. The van der Waals surface area contributed by atoms with E-state index in [4.69, 9.17) is 0 Å². The second-order valence-electron chi connectivity index (χ2n) is 4.80. The maximum Gasteiger partial charge on any atom is 0.243 e. The van der Waals surface area contributed by atoms with Crippen LogP contribution in [0.1, 0.15) is 25.1 Å². The number of carbonyl (C=O) groups excluding carboxylic acids is 2. The highest BCUT2D eigenvalue weighted by molar-refractivity contribution is 9.10. The molecule has 0 aromatic carbocycles. The first-order valence-corrected chi connectivity index (χ1v) is 8.00. The average molecular weight is 345 g/mol. The number of nitrogens with zero attached hydrogens (tertiary/aromatic N) is 1. The Hall–Kier alpha value is -0.880. The van der Waals surface area contributed by atoms with Gasteiger partial charge in [0.15, 0.2) is 0 Å². The molecule has 0 spiro atoms. The summed E-state index contributed by atoms with van der Waals surface area (Å²) in [5.41, 5.74) is 0. The standard InChI is InChI=1S/C13H17BrN2O2S/c1-3-8(2)12-13(18)15-5-11(17)16(12)6-10-4-9(14)7-19-10/h4,7-8,12H,3,5-6H2,1-2H3,(H,15,18). The number of halogens is 1. The minimum atomic E-state index is -0.355. The minimum absolute atomic E-state index is 0.00516. The van der Waals surface area contributed by atoms with Crippen molar-refractivity contribution in [1.29, 1.82) is 0 Å². The molecule has 6 heteroatoms. The monoisotopic (exact) mass is 344 g/mol. The fourth-order valence-corrected chi connectivity index (χ4v) is 3.69. The molecular formula is C13H17BrN2O2S. The first-order chi connectivity index (χ1) is 9.02. The van der Waals surface area contributed by atoms with Crippen LogP contribution in [-0.4, -0.2) is 29.3 Å². The van der Waals surface area contributed by atoms with E-state index < -0.39 is 0 Å². The molecule has 1 aliphatic heterocycles. The van der Waals surface area contributed by atoms with Crippen LogP contribution in [0.25, 0.3) is 0 Å². The highest BCUT2D eigenvalue weighted by atomic mass is 79.9. The number of piperazine rings is 1. The van der Waals surface area contributed by atoms with E-state index in [0.717, 1.165) is 15.8 Å². The van der Waals surface area contributed by atoms with Crippen molar-refractivity contribution in [3.8, 4) is 0 Å². The molecule has 19 heavy (non-hydrogen) atoms. The Morgan fingerprint density at radius 2 is 2.32 bits per heavy atom. The molecule has 1 aromatic heterocycles. The lowest BCUT2D eigenvalue weighted by molar-refractivity contribution is -0.148. The lowest BCUT2D eigenvalue weighted by Crippen LogP contribution is -2.60. The fraction of sp³-hybridized carbons (Fsp3) is 0.538. The summed E-state index contributed by atoms with van der Waals surface area (Å²) in [6.45, 7) is 4.67. The fourth-order valence-electron chi connectivity index (χ4n) is 2.25. The van der Waals surface area contributed by atoms with Crippen molar-refractivity contribution >= 4 is 39.1 Å². The highest BCUT2D eigenvalue weighted by Crippen LogP contribution is 2.25. The molecule has 0 saturated carbocycles. The van der Waals surface area contributed by atoms with E-state index in [-0.39, 0.29) is 30.3 Å². The Kier molecular flexibility index (Phi) is 4.62. The van der Waals surface area contributed by atoms with Crippen LogP contribution in [-0.2, 0) is 16.1 Å². The van der Waals surface area contributed by atoms with Gasteiger partial charge in [-0.2, -0.15) is 0 Å². The van der Waals surface area contributed by atoms with E-state index in [1.165, 1.54) is 0 Å². The van der Waals surface area contributed by atoms with Crippen LogP contribution in [0.15, 0.2) is 15.9 Å². The van der Waals surface area contributed by atoms with Crippen molar-refractivity contribution in [2.45, 2.75) is 32.9 Å². The number of hydrogen-bond donors (Lipinski definition) is 1. The van der Waals surface area contributed by atoms with Gasteiger partial charge in [-0.25, -0.2) is 0 Å². The number of amides is 2. The Labute approximate surface area is 125 Å². The molecule has 1 fully saturated rings. The number of rotatable bonds is 4. The summed E-state index contributed by atoms with van der Waals surface area (Å²) in [5.74, 6) is 0.117. The van der Waals surface area contributed by atoms with Crippen molar-refractivity contribution in [2.24, 2.45) is 5.92 Å². The molecule has 0 aliphatic carbocycles. The van der Waals surface area contributed by atoms with Crippen molar-refractivity contribution in [3.63, 3.8) is 0 Å². The summed E-state index contributed by atoms with van der Waals surface area (Å²) in [7, 11) is 0. The van der Waals surface area contributed by atoms with Crippen LogP contribution in [0.4, 0.5) is 0 Å². The summed E-state index contributed by atoms with van der Waals surface area (Å²) < 4.78 is 1.02. The van der Waals surface area contributed by atoms with Crippen molar-refractivity contribution in [1.82, 2.24) is 10.2 Å². The maximum atomic E-state index is 12.1. The Morgan fingerprint density at radius 1 is 1.58 bits per heavy atom. The third-order valence-corrected chi connectivity index (χ3v) is 5.15. The van der Waals surface area contributed by atoms with Gasteiger partial charge in [-0.15, -0.1) is 11.3 Å². The molecule has 1 saturated heterocycles. The summed E-state index contributed by atoms with van der Waals surface area (Å²) in [6, 6.07) is 1.64.